The summed E-state index contributed by atoms with van der Waals surface area (Å²) in [6, 6.07) is 11.9. The monoisotopic (exact) mass is 330 g/mol. The maximum absolute atomic E-state index is 5.24. The number of nitrogens with one attached hydrogen (secondary N) is 2. The number of hydrogen-bond acceptors (Lipinski definition) is 5. The van der Waals surface area contributed by atoms with Gasteiger partial charge in [0.05, 0.1) is 11.4 Å². The van der Waals surface area contributed by atoms with Gasteiger partial charge in [-0.1, -0.05) is 28.9 Å². The summed E-state index contributed by atoms with van der Waals surface area (Å²) in [5, 5.41) is 12.6. The number of benzene rings is 1. The molecule has 3 rings (SSSR count). The highest BCUT2D eigenvalue weighted by Gasteiger charge is 2.09. The summed E-state index contributed by atoms with van der Waals surface area (Å²) in [6.45, 7) is 2.43. The van der Waals surface area contributed by atoms with Gasteiger partial charge in [-0.15, -0.1) is 11.3 Å². The molecule has 0 aliphatic heterocycles. The van der Waals surface area contributed by atoms with E-state index in [1.807, 2.05) is 48.7 Å². The second-order valence-electron chi connectivity index (χ2n) is 4.66. The average Bonchev–Trinajstić information content (AvgIpc) is 3.18. The summed E-state index contributed by atoms with van der Waals surface area (Å²) in [5.41, 5.74) is 2.14. The van der Waals surface area contributed by atoms with E-state index in [0.717, 1.165) is 10.6 Å². The molecule has 0 atom stereocenters. The van der Waals surface area contributed by atoms with Crippen LogP contribution in [0.3, 0.4) is 0 Å². The van der Waals surface area contributed by atoms with Crippen LogP contribution in [0.15, 0.2) is 46.3 Å². The van der Waals surface area contributed by atoms with Crippen LogP contribution in [0.5, 0.6) is 0 Å². The molecule has 2 heterocycles. The van der Waals surface area contributed by atoms with Gasteiger partial charge >= 0.3 is 0 Å². The fraction of sp³-hybridized carbons (Fsp3) is 0.133. The van der Waals surface area contributed by atoms with Gasteiger partial charge in [0, 0.05) is 5.69 Å². The maximum Gasteiger partial charge on any atom is 0.246 e. The van der Waals surface area contributed by atoms with Gasteiger partial charge in [0.25, 0.3) is 0 Å². The van der Waals surface area contributed by atoms with Crippen molar-refractivity contribution in [2.75, 3.05) is 5.32 Å². The summed E-state index contributed by atoms with van der Waals surface area (Å²) in [6.07, 6.45) is 0. The first kappa shape index (κ1) is 14.7. The Morgan fingerprint density at radius 3 is 2.82 bits per heavy atom. The quantitative estimate of drug-likeness (QED) is 0.713. The van der Waals surface area contributed by atoms with Crippen molar-refractivity contribution in [2.24, 2.45) is 0 Å². The van der Waals surface area contributed by atoms with E-state index in [1.54, 1.807) is 11.3 Å². The van der Waals surface area contributed by atoms with Crippen molar-refractivity contribution in [1.82, 2.24) is 15.5 Å². The third kappa shape index (κ3) is 3.69. The Morgan fingerprint density at radius 1 is 1.27 bits per heavy atom. The van der Waals surface area contributed by atoms with Crippen LogP contribution in [-0.2, 0) is 6.54 Å². The molecule has 2 N–H and O–H groups in total. The fourth-order valence-electron chi connectivity index (χ4n) is 1.80. The molecule has 0 fully saturated rings. The lowest BCUT2D eigenvalue weighted by atomic mass is 10.2. The minimum absolute atomic E-state index is 0.385. The normalized spacial score (nSPS) is 10.4. The average molecular weight is 330 g/mol. The van der Waals surface area contributed by atoms with E-state index in [4.69, 9.17) is 16.7 Å². The topological polar surface area (TPSA) is 63.0 Å². The van der Waals surface area contributed by atoms with Crippen LogP contribution < -0.4 is 10.6 Å². The minimum Gasteiger partial charge on any atom is -0.353 e. The van der Waals surface area contributed by atoms with Crippen molar-refractivity contribution in [3.63, 3.8) is 0 Å². The zero-order valence-corrected chi connectivity index (χ0v) is 13.5. The van der Waals surface area contributed by atoms with Crippen molar-refractivity contribution in [3.05, 3.63) is 53.2 Å². The van der Waals surface area contributed by atoms with Crippen LogP contribution in [0.2, 0.25) is 0 Å². The maximum atomic E-state index is 5.24. The van der Waals surface area contributed by atoms with Crippen molar-refractivity contribution < 1.29 is 4.52 Å². The molecule has 0 aliphatic rings. The molecule has 112 valence electrons. The number of nitrogens with zero attached hydrogens (tertiary/aromatic N) is 2. The summed E-state index contributed by atoms with van der Waals surface area (Å²) in [4.78, 5) is 5.31. The predicted molar refractivity (Wildman–Crippen MR) is 91.9 cm³/mol. The molecule has 7 heteroatoms. The Balaban J connectivity index is 1.54. The first-order valence-electron chi connectivity index (χ1n) is 6.69. The highest BCUT2D eigenvalue weighted by atomic mass is 32.1. The molecule has 0 radical (unpaired) electrons. The molecule has 1 aromatic carbocycles. The SMILES string of the molecule is Cc1ccc(NC(=S)NCc2nc(-c3cccs3)no2)cc1. The first-order valence-corrected chi connectivity index (χ1v) is 7.97. The highest BCUT2D eigenvalue weighted by Crippen LogP contribution is 2.21. The Labute approximate surface area is 137 Å². The molecule has 3 aromatic rings. The van der Waals surface area contributed by atoms with Gasteiger partial charge in [-0.05, 0) is 42.7 Å². The molecule has 22 heavy (non-hydrogen) atoms. The Morgan fingerprint density at radius 2 is 2.09 bits per heavy atom. The molecule has 2 aromatic heterocycles. The van der Waals surface area contributed by atoms with E-state index >= 15 is 0 Å². The Kier molecular flexibility index (Phi) is 4.45. The van der Waals surface area contributed by atoms with Crippen LogP contribution in [0, 0.1) is 6.92 Å². The van der Waals surface area contributed by atoms with Crippen LogP contribution in [0.4, 0.5) is 5.69 Å². The van der Waals surface area contributed by atoms with Crippen molar-refractivity contribution in [1.29, 1.82) is 0 Å². The molecule has 0 spiro atoms. The number of hydrogen-bond donors (Lipinski definition) is 2. The Bertz CT molecular complexity index is 750. The molecular weight excluding hydrogens is 316 g/mol. The lowest BCUT2D eigenvalue weighted by Crippen LogP contribution is -2.27. The predicted octanol–water partition coefficient (Wildman–Crippen LogP) is 3.59. The highest BCUT2D eigenvalue weighted by molar-refractivity contribution is 7.80. The largest absolute Gasteiger partial charge is 0.353 e. The molecule has 0 saturated carbocycles. The van der Waals surface area contributed by atoms with Crippen LogP contribution >= 0.6 is 23.6 Å². The summed E-state index contributed by atoms with van der Waals surface area (Å²) in [5.74, 6) is 1.10. The number of anilines is 1. The van der Waals surface area contributed by atoms with E-state index in [1.165, 1.54) is 5.56 Å². The van der Waals surface area contributed by atoms with E-state index < -0.39 is 0 Å². The minimum atomic E-state index is 0.385. The second kappa shape index (κ2) is 6.67. The first-order chi connectivity index (χ1) is 10.7. The number of thiocarbonyl (C=S) groups is 1. The van der Waals surface area contributed by atoms with Crippen molar-refractivity contribution in [2.45, 2.75) is 13.5 Å². The molecule has 0 saturated heterocycles. The summed E-state index contributed by atoms with van der Waals surface area (Å²) >= 11 is 6.82. The van der Waals surface area contributed by atoms with Gasteiger partial charge in [0.15, 0.2) is 5.11 Å². The van der Waals surface area contributed by atoms with E-state index in [9.17, 15) is 0 Å². The molecular formula is C15H14N4OS2. The van der Waals surface area contributed by atoms with Gasteiger partial charge in [0.1, 0.15) is 0 Å². The lowest BCUT2D eigenvalue weighted by molar-refractivity contribution is 0.376. The van der Waals surface area contributed by atoms with Gasteiger partial charge in [-0.2, -0.15) is 4.98 Å². The van der Waals surface area contributed by atoms with Gasteiger partial charge < -0.3 is 15.2 Å². The molecule has 0 aliphatic carbocycles. The third-order valence-corrected chi connectivity index (χ3v) is 4.03. The van der Waals surface area contributed by atoms with E-state index in [2.05, 4.69) is 20.8 Å². The number of aromatic nitrogens is 2. The number of rotatable bonds is 4. The molecule has 5 nitrogen and oxygen atoms in total. The zero-order valence-electron chi connectivity index (χ0n) is 11.9. The standard InChI is InChI=1S/C15H14N4OS2/c1-10-4-6-11(7-5-10)17-15(21)16-9-13-18-14(19-20-13)12-3-2-8-22-12/h2-8H,9H2,1H3,(H2,16,17,21). The van der Waals surface area contributed by atoms with Crippen LogP contribution in [0.25, 0.3) is 10.7 Å². The summed E-state index contributed by atoms with van der Waals surface area (Å²) < 4.78 is 5.20. The van der Waals surface area contributed by atoms with Gasteiger partial charge in [-0.25, -0.2) is 0 Å². The van der Waals surface area contributed by atoms with E-state index in [0.29, 0.717) is 23.4 Å². The smallest absolute Gasteiger partial charge is 0.246 e. The zero-order chi connectivity index (χ0) is 15.4. The molecule has 0 amide bonds. The van der Waals surface area contributed by atoms with E-state index in [-0.39, 0.29) is 0 Å². The number of aryl methyl sites for hydroxylation is 1. The molecule has 0 bridgehead atoms. The Hall–Kier alpha value is -2.25. The third-order valence-electron chi connectivity index (χ3n) is 2.92. The number of thiophene rings is 1. The van der Waals surface area contributed by atoms with Crippen molar-refractivity contribution >= 4 is 34.4 Å². The molecule has 0 unspecified atom stereocenters. The lowest BCUT2D eigenvalue weighted by Gasteiger charge is -2.08. The van der Waals surface area contributed by atoms with Gasteiger partial charge in [-0.3, -0.25) is 0 Å². The van der Waals surface area contributed by atoms with Crippen LogP contribution in [-0.4, -0.2) is 15.3 Å². The fourth-order valence-corrected chi connectivity index (χ4v) is 2.64. The van der Waals surface area contributed by atoms with Crippen molar-refractivity contribution in [3.8, 4) is 10.7 Å². The van der Waals surface area contributed by atoms with Gasteiger partial charge in [0.2, 0.25) is 11.7 Å². The summed E-state index contributed by atoms with van der Waals surface area (Å²) in [7, 11) is 0. The van der Waals surface area contributed by atoms with Crippen LogP contribution in [0.1, 0.15) is 11.5 Å². The second-order valence-corrected chi connectivity index (χ2v) is 6.02.